The second-order valence-corrected chi connectivity index (χ2v) is 7.07. The van der Waals surface area contributed by atoms with Gasteiger partial charge in [0.05, 0.1) is 6.54 Å². The molecular formula is C22H33IN6O. The second kappa shape index (κ2) is 13.3. The lowest BCUT2D eigenvalue weighted by Gasteiger charge is -2.13. The maximum atomic E-state index is 5.73. The number of aliphatic imine (C=N–C) groups is 1. The van der Waals surface area contributed by atoms with Gasteiger partial charge in [-0.3, -0.25) is 0 Å². The van der Waals surface area contributed by atoms with Crippen LogP contribution in [-0.2, 0) is 25.9 Å². The van der Waals surface area contributed by atoms with E-state index in [4.69, 9.17) is 9.73 Å². The summed E-state index contributed by atoms with van der Waals surface area (Å²) in [5, 5.41) is 15.5. The van der Waals surface area contributed by atoms with Crippen molar-refractivity contribution in [2.24, 2.45) is 4.99 Å². The van der Waals surface area contributed by atoms with Crippen molar-refractivity contribution < 1.29 is 4.74 Å². The Morgan fingerprint density at radius 3 is 2.93 bits per heavy atom. The standard InChI is InChI=1S/C22H32N6O.HI/c1-3-16-29-19-11-8-7-10-18(19)17-25-22(23-4-2)24-14-13-21-27-26-20-12-6-5-9-15-28(20)21;/h3,7-8,10-11H,1,4-6,9,12-17H2,2H3,(H2,23,24,25);1H. The highest BCUT2D eigenvalue weighted by molar-refractivity contribution is 14.0. The van der Waals surface area contributed by atoms with Gasteiger partial charge in [-0.1, -0.05) is 37.3 Å². The molecule has 0 amide bonds. The number of aryl methyl sites for hydroxylation is 1. The summed E-state index contributed by atoms with van der Waals surface area (Å²) in [4.78, 5) is 4.72. The quantitative estimate of drug-likeness (QED) is 0.228. The van der Waals surface area contributed by atoms with Crippen molar-refractivity contribution in [2.45, 2.75) is 52.1 Å². The fourth-order valence-corrected chi connectivity index (χ4v) is 3.45. The zero-order chi connectivity index (χ0) is 20.3. The average molecular weight is 524 g/mol. The van der Waals surface area contributed by atoms with E-state index >= 15 is 0 Å². The number of fused-ring (bicyclic) bond motifs is 1. The van der Waals surface area contributed by atoms with Crippen molar-refractivity contribution in [2.75, 3.05) is 19.7 Å². The summed E-state index contributed by atoms with van der Waals surface area (Å²) in [5.41, 5.74) is 1.05. The molecule has 1 aliphatic rings. The van der Waals surface area contributed by atoms with Gasteiger partial charge in [-0.05, 0) is 25.8 Å². The predicted molar refractivity (Wildman–Crippen MR) is 132 cm³/mol. The van der Waals surface area contributed by atoms with E-state index in [1.54, 1.807) is 6.08 Å². The lowest BCUT2D eigenvalue weighted by molar-refractivity contribution is 0.359. The Hall–Kier alpha value is -2.10. The molecule has 0 spiro atoms. The van der Waals surface area contributed by atoms with E-state index in [2.05, 4.69) is 38.9 Å². The fraction of sp³-hybridized carbons (Fsp3) is 0.500. The average Bonchev–Trinajstić information content (AvgIpc) is 2.97. The zero-order valence-corrected chi connectivity index (χ0v) is 20.1. The maximum Gasteiger partial charge on any atom is 0.191 e. The van der Waals surface area contributed by atoms with Crippen LogP contribution in [0.3, 0.4) is 0 Å². The fourth-order valence-electron chi connectivity index (χ4n) is 3.45. The number of halogens is 1. The third-order valence-electron chi connectivity index (χ3n) is 4.91. The molecule has 164 valence electrons. The molecule has 0 unspecified atom stereocenters. The summed E-state index contributed by atoms with van der Waals surface area (Å²) in [7, 11) is 0. The lowest BCUT2D eigenvalue weighted by atomic mass is 10.2. The molecule has 0 radical (unpaired) electrons. The van der Waals surface area contributed by atoms with E-state index in [-0.39, 0.29) is 24.0 Å². The van der Waals surface area contributed by atoms with E-state index in [9.17, 15) is 0 Å². The molecule has 8 heteroatoms. The Labute approximate surface area is 196 Å². The van der Waals surface area contributed by atoms with Gasteiger partial charge in [-0.25, -0.2) is 4.99 Å². The van der Waals surface area contributed by atoms with Crippen molar-refractivity contribution in [3.05, 3.63) is 54.1 Å². The molecule has 1 aliphatic heterocycles. The number of guanidine groups is 1. The summed E-state index contributed by atoms with van der Waals surface area (Å²) in [6.07, 6.45) is 7.32. The van der Waals surface area contributed by atoms with Gasteiger partial charge in [0.25, 0.3) is 0 Å². The minimum absolute atomic E-state index is 0. The van der Waals surface area contributed by atoms with E-state index in [1.165, 1.54) is 19.3 Å². The van der Waals surface area contributed by atoms with E-state index in [0.29, 0.717) is 13.2 Å². The van der Waals surface area contributed by atoms with Gasteiger partial charge >= 0.3 is 0 Å². The maximum absolute atomic E-state index is 5.73. The van der Waals surface area contributed by atoms with Crippen LogP contribution in [0.15, 0.2) is 41.9 Å². The summed E-state index contributed by atoms with van der Waals surface area (Å²) in [6.45, 7) is 9.41. The van der Waals surface area contributed by atoms with E-state index < -0.39 is 0 Å². The molecule has 0 saturated carbocycles. The first-order chi connectivity index (χ1) is 14.3. The number of ether oxygens (including phenoxy) is 1. The first kappa shape index (κ1) is 24.2. The second-order valence-electron chi connectivity index (χ2n) is 7.07. The molecule has 2 N–H and O–H groups in total. The molecule has 0 atom stereocenters. The molecule has 0 fully saturated rings. The Morgan fingerprint density at radius 2 is 2.10 bits per heavy atom. The van der Waals surface area contributed by atoms with Crippen LogP contribution in [0.4, 0.5) is 0 Å². The number of rotatable bonds is 9. The minimum atomic E-state index is 0. The van der Waals surface area contributed by atoms with Crippen LogP contribution < -0.4 is 15.4 Å². The van der Waals surface area contributed by atoms with Crippen molar-refractivity contribution in [3.63, 3.8) is 0 Å². The molecule has 1 aromatic heterocycles. The van der Waals surface area contributed by atoms with Gasteiger partial charge in [-0.15, -0.1) is 34.2 Å². The van der Waals surface area contributed by atoms with Crippen LogP contribution in [0.25, 0.3) is 0 Å². The number of nitrogens with one attached hydrogen (secondary N) is 2. The number of nitrogens with zero attached hydrogens (tertiary/aromatic N) is 4. The van der Waals surface area contributed by atoms with Crippen LogP contribution in [-0.4, -0.2) is 40.4 Å². The van der Waals surface area contributed by atoms with E-state index in [0.717, 1.165) is 61.4 Å². The molecule has 0 aliphatic carbocycles. The molecule has 2 aromatic rings. The van der Waals surface area contributed by atoms with Crippen molar-refractivity contribution in [1.82, 2.24) is 25.4 Å². The first-order valence-corrected chi connectivity index (χ1v) is 10.6. The van der Waals surface area contributed by atoms with Crippen molar-refractivity contribution in [1.29, 1.82) is 0 Å². The normalized spacial score (nSPS) is 13.6. The third kappa shape index (κ3) is 7.00. The molecule has 7 nitrogen and oxygen atoms in total. The lowest BCUT2D eigenvalue weighted by Crippen LogP contribution is -2.38. The smallest absolute Gasteiger partial charge is 0.191 e. The van der Waals surface area contributed by atoms with Crippen LogP contribution in [0.1, 0.15) is 43.4 Å². The highest BCUT2D eigenvalue weighted by atomic mass is 127. The van der Waals surface area contributed by atoms with Crippen LogP contribution in [0.2, 0.25) is 0 Å². The number of benzene rings is 1. The van der Waals surface area contributed by atoms with Gasteiger partial charge in [0.15, 0.2) is 5.96 Å². The monoisotopic (exact) mass is 524 g/mol. The molecule has 30 heavy (non-hydrogen) atoms. The molecular weight excluding hydrogens is 491 g/mol. The molecule has 0 saturated heterocycles. The Bertz CT molecular complexity index is 820. The van der Waals surface area contributed by atoms with Gasteiger partial charge in [0.2, 0.25) is 0 Å². The van der Waals surface area contributed by atoms with Gasteiger partial charge < -0.3 is 19.9 Å². The number of hydrogen-bond acceptors (Lipinski definition) is 4. The summed E-state index contributed by atoms with van der Waals surface area (Å²) < 4.78 is 8.02. The number of para-hydroxylation sites is 1. The number of hydrogen-bond donors (Lipinski definition) is 2. The van der Waals surface area contributed by atoms with Gasteiger partial charge in [-0.2, -0.15) is 0 Å². The summed E-state index contributed by atoms with van der Waals surface area (Å²) in [5.74, 6) is 3.84. The summed E-state index contributed by atoms with van der Waals surface area (Å²) >= 11 is 0. The van der Waals surface area contributed by atoms with Crippen LogP contribution in [0.5, 0.6) is 5.75 Å². The highest BCUT2D eigenvalue weighted by Crippen LogP contribution is 2.19. The predicted octanol–water partition coefficient (Wildman–Crippen LogP) is 3.49. The van der Waals surface area contributed by atoms with Crippen molar-refractivity contribution in [3.8, 4) is 5.75 Å². The minimum Gasteiger partial charge on any atom is -0.489 e. The molecule has 3 rings (SSSR count). The van der Waals surface area contributed by atoms with Gasteiger partial charge in [0.1, 0.15) is 24.0 Å². The van der Waals surface area contributed by atoms with Crippen LogP contribution in [0, 0.1) is 0 Å². The van der Waals surface area contributed by atoms with E-state index in [1.807, 2.05) is 24.3 Å². The highest BCUT2D eigenvalue weighted by Gasteiger charge is 2.14. The largest absolute Gasteiger partial charge is 0.489 e. The first-order valence-electron chi connectivity index (χ1n) is 10.6. The SMILES string of the molecule is C=CCOc1ccccc1CN=C(NCC)NCCc1nnc2n1CCCCC2.I. The Kier molecular flexibility index (Phi) is 10.7. The van der Waals surface area contributed by atoms with Gasteiger partial charge in [0, 0.05) is 38.0 Å². The molecule has 1 aromatic carbocycles. The van der Waals surface area contributed by atoms with Crippen molar-refractivity contribution >= 4 is 29.9 Å². The zero-order valence-electron chi connectivity index (χ0n) is 17.8. The van der Waals surface area contributed by atoms with Crippen LogP contribution >= 0.6 is 24.0 Å². The Balaban J connectivity index is 0.00000320. The molecule has 2 heterocycles. The Morgan fingerprint density at radius 1 is 1.23 bits per heavy atom. The third-order valence-corrected chi connectivity index (χ3v) is 4.91. The topological polar surface area (TPSA) is 76.4 Å². The summed E-state index contributed by atoms with van der Waals surface area (Å²) in [6, 6.07) is 7.97. The number of aromatic nitrogens is 3. The molecule has 0 bridgehead atoms.